The molecule has 2 nitrogen and oxygen atoms in total. The van der Waals surface area contributed by atoms with E-state index < -0.39 is 0 Å². The van der Waals surface area contributed by atoms with Gasteiger partial charge in [0.15, 0.2) is 0 Å². The summed E-state index contributed by atoms with van der Waals surface area (Å²) in [5.41, 5.74) is 2.34. The molecular weight excluding hydrogens is 283 g/mol. The van der Waals surface area contributed by atoms with Crippen LogP contribution in [0.25, 0.3) is 0 Å². The first-order valence-electron chi connectivity index (χ1n) is 5.22. The minimum Gasteiger partial charge on any atom is -0.340 e. The Morgan fingerprint density at radius 1 is 1.29 bits per heavy atom. The van der Waals surface area contributed by atoms with Gasteiger partial charge in [-0.05, 0) is 53.5 Å². The number of nitrogens with zero attached hydrogens (tertiary/aromatic N) is 1. The number of aryl methyl sites for hydroxylation is 1. The maximum Gasteiger partial charge on any atom is 0.133 e. The van der Waals surface area contributed by atoms with Gasteiger partial charge in [0.05, 0.1) is 0 Å². The Morgan fingerprint density at radius 3 is 2.76 bits per heavy atom. The fraction of sp³-hybridized carbons (Fsp3) is 0.154. The van der Waals surface area contributed by atoms with Crippen molar-refractivity contribution in [3.05, 3.63) is 51.9 Å². The molecule has 0 aliphatic carbocycles. The van der Waals surface area contributed by atoms with Gasteiger partial charge < -0.3 is 5.32 Å². The Kier molecular flexibility index (Phi) is 3.43. The van der Waals surface area contributed by atoms with Gasteiger partial charge >= 0.3 is 0 Å². The van der Waals surface area contributed by atoms with Crippen LogP contribution in [0.15, 0.2) is 34.9 Å². The fourth-order valence-electron chi connectivity index (χ4n) is 1.54. The third kappa shape index (κ3) is 2.64. The van der Waals surface area contributed by atoms with E-state index in [9.17, 15) is 4.39 Å². The average Bonchev–Trinajstić information content (AvgIpc) is 2.28. The molecule has 0 aliphatic rings. The number of benzene rings is 1. The summed E-state index contributed by atoms with van der Waals surface area (Å²) in [5.74, 6) is 0.520. The topological polar surface area (TPSA) is 24.9 Å². The summed E-state index contributed by atoms with van der Waals surface area (Å²) in [7, 11) is 0. The molecule has 1 N–H and O–H groups in total. The van der Waals surface area contributed by atoms with Gasteiger partial charge in [-0.15, -0.1) is 0 Å². The smallest absolute Gasteiger partial charge is 0.133 e. The van der Waals surface area contributed by atoms with E-state index >= 15 is 0 Å². The summed E-state index contributed by atoms with van der Waals surface area (Å²) in [6.45, 7) is 3.70. The molecule has 0 amide bonds. The van der Waals surface area contributed by atoms with Crippen LogP contribution in [0.1, 0.15) is 11.1 Å². The van der Waals surface area contributed by atoms with Crippen LogP contribution in [0.3, 0.4) is 0 Å². The summed E-state index contributed by atoms with van der Waals surface area (Å²) >= 11 is 3.36. The van der Waals surface area contributed by atoms with Gasteiger partial charge in [0.25, 0.3) is 0 Å². The minimum atomic E-state index is -0.218. The van der Waals surface area contributed by atoms with Gasteiger partial charge in [-0.2, -0.15) is 0 Å². The van der Waals surface area contributed by atoms with E-state index in [0.717, 1.165) is 21.5 Å². The SMILES string of the molecule is Cc1cc(Br)cnc1Nc1cccc(F)c1C. The number of pyridine rings is 1. The molecule has 0 unspecified atom stereocenters. The first-order chi connectivity index (χ1) is 8.08. The molecule has 2 aromatic rings. The van der Waals surface area contributed by atoms with E-state index in [1.807, 2.05) is 19.1 Å². The second kappa shape index (κ2) is 4.84. The maximum absolute atomic E-state index is 13.4. The Bertz CT molecular complexity index is 555. The standard InChI is InChI=1S/C13H12BrFN2/c1-8-6-10(14)7-16-13(8)17-12-5-3-4-11(15)9(12)2/h3-7H,1-2H3,(H,16,17). The number of nitrogens with one attached hydrogen (secondary N) is 1. The highest BCUT2D eigenvalue weighted by molar-refractivity contribution is 9.10. The van der Waals surface area contributed by atoms with Gasteiger partial charge in [0.2, 0.25) is 0 Å². The molecule has 0 atom stereocenters. The van der Waals surface area contributed by atoms with E-state index in [-0.39, 0.29) is 5.82 Å². The Labute approximate surface area is 108 Å². The number of hydrogen-bond acceptors (Lipinski definition) is 2. The number of halogens is 2. The van der Waals surface area contributed by atoms with Crippen molar-refractivity contribution in [3.63, 3.8) is 0 Å². The maximum atomic E-state index is 13.4. The van der Waals surface area contributed by atoms with Gasteiger partial charge in [0, 0.05) is 21.9 Å². The molecule has 88 valence electrons. The van der Waals surface area contributed by atoms with Gasteiger partial charge in [0.1, 0.15) is 11.6 Å². The highest BCUT2D eigenvalue weighted by atomic mass is 79.9. The van der Waals surface area contributed by atoms with Crippen LogP contribution in [0.4, 0.5) is 15.9 Å². The van der Waals surface area contributed by atoms with Crippen molar-refractivity contribution in [1.82, 2.24) is 4.98 Å². The fourth-order valence-corrected chi connectivity index (χ4v) is 1.99. The molecule has 0 saturated carbocycles. The molecule has 1 aromatic heterocycles. The molecule has 0 fully saturated rings. The van der Waals surface area contributed by atoms with Crippen LogP contribution in [0.2, 0.25) is 0 Å². The third-order valence-corrected chi connectivity index (χ3v) is 3.00. The molecule has 1 heterocycles. The zero-order valence-electron chi connectivity index (χ0n) is 9.59. The highest BCUT2D eigenvalue weighted by Gasteiger charge is 2.06. The Hall–Kier alpha value is -1.42. The molecule has 17 heavy (non-hydrogen) atoms. The number of anilines is 2. The molecule has 0 saturated heterocycles. The van der Waals surface area contributed by atoms with E-state index in [1.165, 1.54) is 6.07 Å². The zero-order valence-corrected chi connectivity index (χ0v) is 11.2. The first-order valence-corrected chi connectivity index (χ1v) is 6.01. The summed E-state index contributed by atoms with van der Waals surface area (Å²) in [5, 5.41) is 3.14. The monoisotopic (exact) mass is 294 g/mol. The number of hydrogen-bond donors (Lipinski definition) is 1. The molecule has 0 radical (unpaired) electrons. The van der Waals surface area contributed by atoms with Crippen LogP contribution in [-0.4, -0.2) is 4.98 Å². The lowest BCUT2D eigenvalue weighted by atomic mass is 10.2. The molecular formula is C13H12BrFN2. The summed E-state index contributed by atoms with van der Waals surface area (Å²) in [4.78, 5) is 4.26. The lowest BCUT2D eigenvalue weighted by molar-refractivity contribution is 0.619. The predicted octanol–water partition coefficient (Wildman–Crippen LogP) is 4.34. The van der Waals surface area contributed by atoms with Crippen molar-refractivity contribution >= 4 is 27.4 Å². The predicted molar refractivity (Wildman–Crippen MR) is 71.1 cm³/mol. The second-order valence-corrected chi connectivity index (χ2v) is 4.77. The molecule has 0 aliphatic heterocycles. The van der Waals surface area contributed by atoms with Gasteiger partial charge in [-0.3, -0.25) is 0 Å². The molecule has 1 aromatic carbocycles. The van der Waals surface area contributed by atoms with Crippen molar-refractivity contribution in [1.29, 1.82) is 0 Å². The summed E-state index contributed by atoms with van der Waals surface area (Å²) < 4.78 is 14.3. The number of rotatable bonds is 2. The van der Waals surface area contributed by atoms with Crippen molar-refractivity contribution in [3.8, 4) is 0 Å². The lowest BCUT2D eigenvalue weighted by Gasteiger charge is -2.11. The first kappa shape index (κ1) is 12.0. The normalized spacial score (nSPS) is 10.4. The van der Waals surface area contributed by atoms with Crippen LogP contribution in [0, 0.1) is 19.7 Å². The second-order valence-electron chi connectivity index (χ2n) is 3.86. The van der Waals surface area contributed by atoms with E-state index in [4.69, 9.17) is 0 Å². The molecule has 2 rings (SSSR count). The average molecular weight is 295 g/mol. The number of aromatic nitrogens is 1. The van der Waals surface area contributed by atoms with Crippen molar-refractivity contribution in [2.45, 2.75) is 13.8 Å². The quantitative estimate of drug-likeness (QED) is 0.891. The van der Waals surface area contributed by atoms with Gasteiger partial charge in [-0.25, -0.2) is 9.37 Å². The minimum absolute atomic E-state index is 0.218. The van der Waals surface area contributed by atoms with Crippen LogP contribution < -0.4 is 5.32 Å². The lowest BCUT2D eigenvalue weighted by Crippen LogP contribution is -1.99. The van der Waals surface area contributed by atoms with Crippen molar-refractivity contribution in [2.75, 3.05) is 5.32 Å². The summed E-state index contributed by atoms with van der Waals surface area (Å²) in [6, 6.07) is 6.92. The largest absolute Gasteiger partial charge is 0.340 e. The van der Waals surface area contributed by atoms with Crippen LogP contribution in [0.5, 0.6) is 0 Å². The Balaban J connectivity index is 2.35. The third-order valence-electron chi connectivity index (χ3n) is 2.57. The van der Waals surface area contributed by atoms with Crippen molar-refractivity contribution < 1.29 is 4.39 Å². The molecule has 0 bridgehead atoms. The zero-order chi connectivity index (χ0) is 12.4. The molecule has 0 spiro atoms. The van der Waals surface area contributed by atoms with E-state index in [2.05, 4.69) is 26.2 Å². The van der Waals surface area contributed by atoms with Crippen LogP contribution >= 0.6 is 15.9 Å². The van der Waals surface area contributed by atoms with E-state index in [1.54, 1.807) is 19.2 Å². The van der Waals surface area contributed by atoms with Crippen molar-refractivity contribution in [2.24, 2.45) is 0 Å². The Morgan fingerprint density at radius 2 is 2.06 bits per heavy atom. The molecule has 4 heteroatoms. The summed E-state index contributed by atoms with van der Waals surface area (Å²) in [6.07, 6.45) is 1.71. The highest BCUT2D eigenvalue weighted by Crippen LogP contribution is 2.24. The van der Waals surface area contributed by atoms with Gasteiger partial charge in [-0.1, -0.05) is 6.07 Å². The van der Waals surface area contributed by atoms with Crippen LogP contribution in [-0.2, 0) is 0 Å². The van der Waals surface area contributed by atoms with E-state index in [0.29, 0.717) is 5.56 Å².